The number of hydrogen-bond donors (Lipinski definition) is 1. The molecule has 12 heavy (non-hydrogen) atoms. The summed E-state index contributed by atoms with van der Waals surface area (Å²) in [6.07, 6.45) is 3.59. The van der Waals surface area contributed by atoms with Crippen molar-refractivity contribution in [3.63, 3.8) is 0 Å². The van der Waals surface area contributed by atoms with Gasteiger partial charge in [0, 0.05) is 0 Å². The van der Waals surface area contributed by atoms with Crippen LogP contribution in [0, 0.1) is 0 Å². The Labute approximate surface area is 75.1 Å². The van der Waals surface area contributed by atoms with Gasteiger partial charge in [0.1, 0.15) is 0 Å². The number of rotatable bonds is 3. The molecule has 1 N–H and O–H groups in total. The topological polar surface area (TPSA) is 32.7 Å². The van der Waals surface area contributed by atoms with E-state index < -0.39 is 7.49 Å². The van der Waals surface area contributed by atoms with Gasteiger partial charge in [-0.3, -0.25) is 0 Å². The van der Waals surface area contributed by atoms with Gasteiger partial charge >= 0.3 is 74.4 Å². The van der Waals surface area contributed by atoms with Gasteiger partial charge in [0.05, 0.1) is 0 Å². The first-order valence-corrected chi connectivity index (χ1v) is 7.41. The van der Waals surface area contributed by atoms with Gasteiger partial charge < -0.3 is 0 Å². The number of hydrogen-bond acceptors (Lipinski definition) is 3. The van der Waals surface area contributed by atoms with Crippen LogP contribution in [0.3, 0.4) is 0 Å². The molecule has 1 saturated heterocycles. The first kappa shape index (κ1) is 10.4. The number of aliphatic hydroxyl groups excluding tert-OH is 1. The Kier molecular flexibility index (Phi) is 3.91. The molecule has 0 bridgehead atoms. The van der Waals surface area contributed by atoms with Crippen molar-refractivity contribution in [3.05, 3.63) is 0 Å². The van der Waals surface area contributed by atoms with Gasteiger partial charge in [-0.15, -0.1) is 0 Å². The molecule has 0 radical (unpaired) electrons. The molecular formula is C8H20NO2P. The molecule has 1 heterocycles. The maximum absolute atomic E-state index is 8.79. The Morgan fingerprint density at radius 2 is 2.33 bits per heavy atom. The van der Waals surface area contributed by atoms with Crippen molar-refractivity contribution in [1.29, 1.82) is 0 Å². The zero-order valence-electron chi connectivity index (χ0n) is 8.05. The second kappa shape index (κ2) is 4.52. The van der Waals surface area contributed by atoms with Crippen LogP contribution in [0.25, 0.3) is 0 Å². The van der Waals surface area contributed by atoms with Gasteiger partial charge in [-0.05, 0) is 0 Å². The van der Waals surface area contributed by atoms with Crippen molar-refractivity contribution in [3.8, 4) is 0 Å². The van der Waals surface area contributed by atoms with Gasteiger partial charge in [0.25, 0.3) is 0 Å². The SMILES string of the molecule is CO[PH]1(C)CCCN(CCO)C1. The summed E-state index contributed by atoms with van der Waals surface area (Å²) in [7, 11) is 0.432. The Balaban J connectivity index is 2.39. The number of aliphatic hydroxyl groups is 1. The molecule has 1 aliphatic rings. The fraction of sp³-hybridized carbons (Fsp3) is 1.00. The van der Waals surface area contributed by atoms with Crippen LogP contribution < -0.4 is 0 Å². The van der Waals surface area contributed by atoms with Crippen LogP contribution in [0.4, 0.5) is 0 Å². The van der Waals surface area contributed by atoms with Crippen molar-refractivity contribution in [2.24, 2.45) is 0 Å². The summed E-state index contributed by atoms with van der Waals surface area (Å²) in [6, 6.07) is 0. The molecule has 1 aliphatic heterocycles. The maximum atomic E-state index is 8.79. The summed E-state index contributed by atoms with van der Waals surface area (Å²) in [5.74, 6) is 0. The summed E-state index contributed by atoms with van der Waals surface area (Å²) in [4.78, 5) is 2.32. The predicted octanol–water partition coefficient (Wildman–Crippen LogP) is 0.583. The fourth-order valence-corrected chi connectivity index (χ4v) is 4.47. The van der Waals surface area contributed by atoms with Gasteiger partial charge in [0.2, 0.25) is 0 Å². The molecule has 0 aliphatic carbocycles. The Morgan fingerprint density at radius 1 is 1.58 bits per heavy atom. The van der Waals surface area contributed by atoms with E-state index in [4.69, 9.17) is 9.63 Å². The first-order chi connectivity index (χ1) is 5.70. The molecule has 0 unspecified atom stereocenters. The van der Waals surface area contributed by atoms with E-state index in [-0.39, 0.29) is 6.61 Å². The van der Waals surface area contributed by atoms with E-state index in [0.29, 0.717) is 0 Å². The average molecular weight is 193 g/mol. The third-order valence-electron chi connectivity index (χ3n) is 2.65. The molecule has 0 aromatic heterocycles. The molecule has 0 saturated carbocycles. The quantitative estimate of drug-likeness (QED) is 0.666. The minimum atomic E-state index is -1.40. The average Bonchev–Trinajstić information content (AvgIpc) is 2.05. The Bertz CT molecular complexity index is 143. The van der Waals surface area contributed by atoms with E-state index in [1.54, 1.807) is 0 Å². The fourth-order valence-electron chi connectivity index (χ4n) is 1.81. The van der Waals surface area contributed by atoms with E-state index in [2.05, 4.69) is 11.6 Å². The summed E-state index contributed by atoms with van der Waals surface area (Å²) < 4.78 is 5.57. The molecule has 0 atom stereocenters. The zero-order valence-corrected chi connectivity index (χ0v) is 9.05. The van der Waals surface area contributed by atoms with E-state index >= 15 is 0 Å². The van der Waals surface area contributed by atoms with E-state index in [1.165, 1.54) is 12.6 Å². The summed E-state index contributed by atoms with van der Waals surface area (Å²) >= 11 is 0. The third-order valence-corrected chi connectivity index (χ3v) is 6.16. The van der Waals surface area contributed by atoms with Crippen LogP contribution in [0.15, 0.2) is 0 Å². The Hall–Kier alpha value is 0.310. The number of nitrogens with zero attached hydrogens (tertiary/aromatic N) is 1. The van der Waals surface area contributed by atoms with Gasteiger partial charge in [-0.25, -0.2) is 0 Å². The van der Waals surface area contributed by atoms with E-state index in [1.807, 2.05) is 7.11 Å². The van der Waals surface area contributed by atoms with Crippen LogP contribution in [0.1, 0.15) is 6.42 Å². The van der Waals surface area contributed by atoms with Crippen LogP contribution in [-0.2, 0) is 4.52 Å². The minimum absolute atomic E-state index is 0.272. The van der Waals surface area contributed by atoms with Crippen molar-refractivity contribution < 1.29 is 9.63 Å². The van der Waals surface area contributed by atoms with Crippen molar-refractivity contribution in [1.82, 2.24) is 4.90 Å². The van der Waals surface area contributed by atoms with Crippen LogP contribution in [0.5, 0.6) is 0 Å². The number of β-amino-alcohol motifs (C(OH)–C–C–N with tert-alkyl or cyclic N) is 1. The monoisotopic (exact) mass is 193 g/mol. The molecule has 0 aromatic carbocycles. The van der Waals surface area contributed by atoms with Crippen molar-refractivity contribution >= 4 is 7.49 Å². The first-order valence-electron chi connectivity index (χ1n) is 4.58. The van der Waals surface area contributed by atoms with Crippen molar-refractivity contribution in [2.45, 2.75) is 6.42 Å². The second-order valence-corrected chi connectivity index (χ2v) is 7.88. The predicted molar refractivity (Wildman–Crippen MR) is 54.3 cm³/mol. The summed E-state index contributed by atoms with van der Waals surface area (Å²) in [5, 5.41) is 8.79. The molecule has 0 amide bonds. The zero-order chi connectivity index (χ0) is 9.03. The molecule has 74 valence electrons. The summed E-state index contributed by atoms with van der Waals surface area (Å²) in [5.41, 5.74) is 0. The standard InChI is InChI=1S/C8H20NO2P/c1-11-12(2)7-3-4-9(8-12)5-6-10/h10,12H,3-8H2,1-2H3. The molecule has 1 rings (SSSR count). The molecule has 1 fully saturated rings. The van der Waals surface area contributed by atoms with Crippen LogP contribution in [0.2, 0.25) is 0 Å². The van der Waals surface area contributed by atoms with Crippen LogP contribution in [-0.4, -0.2) is 55.9 Å². The molecule has 0 aromatic rings. The third kappa shape index (κ3) is 2.67. The molecule has 3 nitrogen and oxygen atoms in total. The van der Waals surface area contributed by atoms with Crippen molar-refractivity contribution in [2.75, 3.05) is 45.9 Å². The van der Waals surface area contributed by atoms with Crippen LogP contribution >= 0.6 is 7.49 Å². The van der Waals surface area contributed by atoms with Gasteiger partial charge in [-0.1, -0.05) is 0 Å². The molecular weight excluding hydrogens is 173 g/mol. The normalized spacial score (nSPS) is 26.9. The van der Waals surface area contributed by atoms with Gasteiger partial charge in [0.15, 0.2) is 0 Å². The van der Waals surface area contributed by atoms with E-state index in [9.17, 15) is 0 Å². The molecule has 0 spiro atoms. The summed E-state index contributed by atoms with van der Waals surface area (Å²) in [6.45, 7) is 4.49. The van der Waals surface area contributed by atoms with E-state index in [0.717, 1.165) is 19.4 Å². The Morgan fingerprint density at radius 3 is 2.92 bits per heavy atom. The van der Waals surface area contributed by atoms with Gasteiger partial charge in [-0.2, -0.15) is 0 Å². The second-order valence-electron chi connectivity index (χ2n) is 3.76. The molecule has 4 heteroatoms.